The molecule has 0 fully saturated rings. The molecule has 0 amide bonds. The van der Waals surface area contributed by atoms with E-state index in [4.69, 9.17) is 15.2 Å². The molecule has 1 atom stereocenters. The van der Waals surface area contributed by atoms with E-state index in [1.54, 1.807) is 13.8 Å². The number of benzene rings is 1. The van der Waals surface area contributed by atoms with Gasteiger partial charge >= 0.3 is 5.97 Å². The first kappa shape index (κ1) is 14.9. The molecular formula is C16H23NO3. The maximum absolute atomic E-state index is 11.7. The standard InChI is InChI=1S/C16H23NO3/c1-3-19-15(18)16(2,17)11-20-14-9-8-12-6-4-5-7-13(12)10-14/h8-10H,3-7,11,17H2,1-2H3. The Morgan fingerprint density at radius 3 is 2.70 bits per heavy atom. The van der Waals surface area contributed by atoms with Crippen molar-refractivity contribution in [3.05, 3.63) is 29.3 Å². The summed E-state index contributed by atoms with van der Waals surface area (Å²) in [6.07, 6.45) is 4.74. The number of carbonyl (C=O) groups excluding carboxylic acids is 1. The predicted octanol–water partition coefficient (Wildman–Crippen LogP) is 2.22. The number of rotatable bonds is 5. The van der Waals surface area contributed by atoms with Gasteiger partial charge in [-0.1, -0.05) is 6.07 Å². The van der Waals surface area contributed by atoms with Gasteiger partial charge in [-0.2, -0.15) is 0 Å². The lowest BCUT2D eigenvalue weighted by Crippen LogP contribution is -2.51. The van der Waals surface area contributed by atoms with Crippen LogP contribution in [0.2, 0.25) is 0 Å². The predicted molar refractivity (Wildman–Crippen MR) is 77.8 cm³/mol. The highest BCUT2D eigenvalue weighted by molar-refractivity contribution is 5.80. The number of hydrogen-bond donors (Lipinski definition) is 1. The molecular weight excluding hydrogens is 254 g/mol. The monoisotopic (exact) mass is 277 g/mol. The molecule has 20 heavy (non-hydrogen) atoms. The van der Waals surface area contributed by atoms with Crippen LogP contribution in [0.4, 0.5) is 0 Å². The SMILES string of the molecule is CCOC(=O)C(C)(N)COc1ccc2c(c1)CCCC2. The Morgan fingerprint density at radius 2 is 2.00 bits per heavy atom. The van der Waals surface area contributed by atoms with Gasteiger partial charge in [0, 0.05) is 0 Å². The zero-order chi connectivity index (χ0) is 14.6. The topological polar surface area (TPSA) is 61.5 Å². The molecule has 1 aromatic carbocycles. The fourth-order valence-corrected chi connectivity index (χ4v) is 2.39. The van der Waals surface area contributed by atoms with Gasteiger partial charge in [0.25, 0.3) is 0 Å². The summed E-state index contributed by atoms with van der Waals surface area (Å²) in [7, 11) is 0. The van der Waals surface area contributed by atoms with Crippen molar-refractivity contribution in [2.45, 2.75) is 45.1 Å². The largest absolute Gasteiger partial charge is 0.491 e. The van der Waals surface area contributed by atoms with Crippen LogP contribution >= 0.6 is 0 Å². The summed E-state index contributed by atoms with van der Waals surface area (Å²) in [4.78, 5) is 11.7. The van der Waals surface area contributed by atoms with E-state index in [1.165, 1.54) is 24.0 Å². The summed E-state index contributed by atoms with van der Waals surface area (Å²) in [6, 6.07) is 6.13. The number of nitrogens with two attached hydrogens (primary N) is 1. The van der Waals surface area contributed by atoms with Crippen molar-refractivity contribution in [1.82, 2.24) is 0 Å². The third-order valence-corrected chi connectivity index (χ3v) is 3.60. The van der Waals surface area contributed by atoms with Crippen LogP contribution in [0, 0.1) is 0 Å². The smallest absolute Gasteiger partial charge is 0.329 e. The minimum atomic E-state index is -1.12. The summed E-state index contributed by atoms with van der Waals surface area (Å²) < 4.78 is 10.6. The quantitative estimate of drug-likeness (QED) is 0.838. The Bertz CT molecular complexity index is 483. The minimum absolute atomic E-state index is 0.116. The molecule has 1 aromatic rings. The average Bonchev–Trinajstić information content (AvgIpc) is 2.45. The first-order valence-corrected chi connectivity index (χ1v) is 7.23. The molecule has 0 saturated heterocycles. The first-order chi connectivity index (χ1) is 9.53. The van der Waals surface area contributed by atoms with Gasteiger partial charge in [-0.3, -0.25) is 0 Å². The van der Waals surface area contributed by atoms with Gasteiger partial charge in [0.15, 0.2) is 0 Å². The van der Waals surface area contributed by atoms with Crippen LogP contribution in [0.15, 0.2) is 18.2 Å². The molecule has 0 bridgehead atoms. The second kappa shape index (κ2) is 6.27. The number of esters is 1. The Hall–Kier alpha value is -1.55. The molecule has 1 unspecified atom stereocenters. The molecule has 1 aliphatic carbocycles. The summed E-state index contributed by atoms with van der Waals surface area (Å²) in [5.74, 6) is 0.338. The summed E-state index contributed by atoms with van der Waals surface area (Å²) >= 11 is 0. The van der Waals surface area contributed by atoms with E-state index in [2.05, 4.69) is 12.1 Å². The molecule has 1 aliphatic rings. The van der Waals surface area contributed by atoms with Crippen molar-refractivity contribution >= 4 is 5.97 Å². The fourth-order valence-electron chi connectivity index (χ4n) is 2.39. The maximum Gasteiger partial charge on any atom is 0.329 e. The number of hydrogen-bond acceptors (Lipinski definition) is 4. The minimum Gasteiger partial charge on any atom is -0.491 e. The van der Waals surface area contributed by atoms with Crippen LogP contribution in [-0.2, 0) is 22.4 Å². The van der Waals surface area contributed by atoms with Crippen molar-refractivity contribution in [3.63, 3.8) is 0 Å². The average molecular weight is 277 g/mol. The Balaban J connectivity index is 1.98. The summed E-state index contributed by atoms with van der Waals surface area (Å²) in [5.41, 5.74) is 7.57. The van der Waals surface area contributed by atoms with Gasteiger partial charge in [0.05, 0.1) is 6.61 Å². The van der Waals surface area contributed by atoms with Gasteiger partial charge in [-0.15, -0.1) is 0 Å². The van der Waals surface area contributed by atoms with Crippen LogP contribution in [0.5, 0.6) is 5.75 Å². The highest BCUT2D eigenvalue weighted by Gasteiger charge is 2.31. The fraction of sp³-hybridized carbons (Fsp3) is 0.562. The molecule has 0 saturated carbocycles. The van der Waals surface area contributed by atoms with Crippen molar-refractivity contribution in [1.29, 1.82) is 0 Å². The second-order valence-corrected chi connectivity index (χ2v) is 5.56. The van der Waals surface area contributed by atoms with Gasteiger partial charge in [0.1, 0.15) is 17.9 Å². The Kier molecular flexibility index (Phi) is 4.65. The van der Waals surface area contributed by atoms with E-state index in [0.717, 1.165) is 18.6 Å². The van der Waals surface area contributed by atoms with Gasteiger partial charge in [-0.25, -0.2) is 4.79 Å². The number of fused-ring (bicyclic) bond motifs is 1. The molecule has 0 spiro atoms. The van der Waals surface area contributed by atoms with E-state index in [9.17, 15) is 4.79 Å². The molecule has 110 valence electrons. The molecule has 0 heterocycles. The van der Waals surface area contributed by atoms with Crippen molar-refractivity contribution in [2.75, 3.05) is 13.2 Å². The molecule has 0 aromatic heterocycles. The zero-order valence-corrected chi connectivity index (χ0v) is 12.3. The van der Waals surface area contributed by atoms with Crippen molar-refractivity contribution < 1.29 is 14.3 Å². The van der Waals surface area contributed by atoms with Gasteiger partial charge in [0.2, 0.25) is 0 Å². The highest BCUT2D eigenvalue weighted by atomic mass is 16.5. The number of aryl methyl sites for hydroxylation is 2. The second-order valence-electron chi connectivity index (χ2n) is 5.56. The van der Waals surface area contributed by atoms with Crippen molar-refractivity contribution in [2.24, 2.45) is 5.73 Å². The Labute approximate surface area is 120 Å². The lowest BCUT2D eigenvalue weighted by molar-refractivity contribution is -0.150. The van der Waals surface area contributed by atoms with E-state index < -0.39 is 11.5 Å². The molecule has 2 rings (SSSR count). The summed E-state index contributed by atoms with van der Waals surface area (Å²) in [5, 5.41) is 0. The summed E-state index contributed by atoms with van der Waals surface area (Å²) in [6.45, 7) is 3.83. The zero-order valence-electron chi connectivity index (χ0n) is 12.3. The van der Waals surface area contributed by atoms with E-state index in [0.29, 0.717) is 6.61 Å². The molecule has 4 nitrogen and oxygen atoms in total. The molecule has 0 aliphatic heterocycles. The number of carbonyl (C=O) groups is 1. The third kappa shape index (κ3) is 3.51. The van der Waals surface area contributed by atoms with E-state index >= 15 is 0 Å². The number of ether oxygens (including phenoxy) is 2. The Morgan fingerprint density at radius 1 is 1.30 bits per heavy atom. The van der Waals surface area contributed by atoms with Crippen LogP contribution in [-0.4, -0.2) is 24.7 Å². The van der Waals surface area contributed by atoms with Crippen LogP contribution in [0.1, 0.15) is 37.8 Å². The van der Waals surface area contributed by atoms with Gasteiger partial charge in [-0.05, 0) is 62.8 Å². The maximum atomic E-state index is 11.7. The molecule has 4 heteroatoms. The van der Waals surface area contributed by atoms with Crippen LogP contribution in [0.25, 0.3) is 0 Å². The molecule has 0 radical (unpaired) electrons. The lowest BCUT2D eigenvalue weighted by atomic mass is 9.92. The lowest BCUT2D eigenvalue weighted by Gasteiger charge is -2.23. The third-order valence-electron chi connectivity index (χ3n) is 3.60. The van der Waals surface area contributed by atoms with E-state index in [-0.39, 0.29) is 6.61 Å². The normalized spacial score (nSPS) is 16.9. The van der Waals surface area contributed by atoms with Crippen LogP contribution in [0.3, 0.4) is 0 Å². The van der Waals surface area contributed by atoms with Crippen LogP contribution < -0.4 is 10.5 Å². The first-order valence-electron chi connectivity index (χ1n) is 7.23. The molecule has 2 N–H and O–H groups in total. The highest BCUT2D eigenvalue weighted by Crippen LogP contribution is 2.25. The van der Waals surface area contributed by atoms with Crippen molar-refractivity contribution in [3.8, 4) is 5.75 Å². The van der Waals surface area contributed by atoms with Gasteiger partial charge < -0.3 is 15.2 Å². The van der Waals surface area contributed by atoms with E-state index in [1.807, 2.05) is 6.07 Å².